The van der Waals surface area contributed by atoms with E-state index in [-0.39, 0.29) is 12.3 Å². The quantitative estimate of drug-likeness (QED) is 0.498. The first kappa shape index (κ1) is 18.1. The maximum atomic E-state index is 12.3. The fourth-order valence-electron chi connectivity index (χ4n) is 2.88. The second-order valence-corrected chi connectivity index (χ2v) is 6.72. The molecule has 140 valence electrons. The Morgan fingerprint density at radius 1 is 1.11 bits per heavy atom. The molecule has 1 amide bonds. The average molecular weight is 393 g/mol. The fourth-order valence-corrected chi connectivity index (χ4v) is 3.07. The molecule has 0 saturated carbocycles. The highest BCUT2D eigenvalue weighted by molar-refractivity contribution is 6.30. The number of halogens is 1. The third-order valence-electron chi connectivity index (χ3n) is 4.27. The molecular formula is C22H17ClN2O3. The first-order valence-electron chi connectivity index (χ1n) is 8.70. The van der Waals surface area contributed by atoms with Crippen LogP contribution in [0.25, 0.3) is 22.6 Å². The summed E-state index contributed by atoms with van der Waals surface area (Å²) in [6.45, 7) is 0. The number of amides is 1. The van der Waals surface area contributed by atoms with Gasteiger partial charge in [0.25, 0.3) is 0 Å². The first-order valence-corrected chi connectivity index (χ1v) is 9.08. The minimum Gasteiger partial charge on any atom is -0.497 e. The Bertz CT molecular complexity index is 1140. The van der Waals surface area contributed by atoms with Crippen LogP contribution in [0, 0.1) is 0 Å². The van der Waals surface area contributed by atoms with Crippen LogP contribution in [0.15, 0.2) is 71.1 Å². The van der Waals surface area contributed by atoms with Crippen LogP contribution >= 0.6 is 11.6 Å². The zero-order valence-electron chi connectivity index (χ0n) is 15.1. The number of fused-ring (bicyclic) bond motifs is 1. The Balaban J connectivity index is 1.50. The van der Waals surface area contributed by atoms with Crippen molar-refractivity contribution in [3.63, 3.8) is 0 Å². The van der Waals surface area contributed by atoms with Crippen molar-refractivity contribution in [2.24, 2.45) is 0 Å². The molecule has 0 aliphatic carbocycles. The highest BCUT2D eigenvalue weighted by Crippen LogP contribution is 2.27. The Kier molecular flexibility index (Phi) is 5.00. The summed E-state index contributed by atoms with van der Waals surface area (Å²) >= 11 is 6.04. The highest BCUT2D eigenvalue weighted by Gasteiger charge is 2.11. The van der Waals surface area contributed by atoms with Crippen molar-refractivity contribution >= 4 is 34.3 Å². The number of nitrogens with one attached hydrogen (secondary N) is 1. The second-order valence-electron chi connectivity index (χ2n) is 6.28. The van der Waals surface area contributed by atoms with E-state index in [2.05, 4.69) is 10.3 Å². The van der Waals surface area contributed by atoms with Crippen LogP contribution in [0.2, 0.25) is 5.02 Å². The number of hydrogen-bond donors (Lipinski definition) is 1. The highest BCUT2D eigenvalue weighted by atomic mass is 35.5. The summed E-state index contributed by atoms with van der Waals surface area (Å²) in [5.74, 6) is 1.13. The Hall–Kier alpha value is -3.31. The number of carbonyl (C=O) groups excluding carboxylic acids is 1. The van der Waals surface area contributed by atoms with Gasteiger partial charge in [0.05, 0.1) is 13.5 Å². The summed E-state index contributed by atoms with van der Waals surface area (Å²) in [4.78, 5) is 16.8. The monoisotopic (exact) mass is 392 g/mol. The summed E-state index contributed by atoms with van der Waals surface area (Å²) in [6, 6.07) is 20.1. The van der Waals surface area contributed by atoms with Crippen molar-refractivity contribution in [2.45, 2.75) is 6.42 Å². The molecule has 0 radical (unpaired) electrons. The minimum atomic E-state index is -0.112. The molecule has 28 heavy (non-hydrogen) atoms. The Labute approximate surface area is 166 Å². The van der Waals surface area contributed by atoms with Gasteiger partial charge in [0.2, 0.25) is 11.8 Å². The number of methoxy groups -OCH3 is 1. The van der Waals surface area contributed by atoms with Crippen LogP contribution in [-0.4, -0.2) is 18.0 Å². The number of hydrogen-bond acceptors (Lipinski definition) is 4. The summed E-state index contributed by atoms with van der Waals surface area (Å²) < 4.78 is 11.0. The summed E-state index contributed by atoms with van der Waals surface area (Å²) in [5, 5.41) is 3.51. The van der Waals surface area contributed by atoms with Gasteiger partial charge in [-0.05, 0) is 48.0 Å². The topological polar surface area (TPSA) is 64.4 Å². The van der Waals surface area contributed by atoms with Gasteiger partial charge in [0.15, 0.2) is 5.58 Å². The molecule has 4 rings (SSSR count). The average Bonchev–Trinajstić information content (AvgIpc) is 3.12. The number of benzene rings is 3. The number of aromatic nitrogens is 1. The van der Waals surface area contributed by atoms with Crippen molar-refractivity contribution in [1.82, 2.24) is 4.98 Å². The maximum absolute atomic E-state index is 12.3. The van der Waals surface area contributed by atoms with Crippen molar-refractivity contribution in [3.8, 4) is 17.2 Å². The predicted molar refractivity (Wildman–Crippen MR) is 110 cm³/mol. The molecule has 0 aliphatic heterocycles. The Morgan fingerprint density at radius 3 is 2.68 bits per heavy atom. The molecule has 1 N–H and O–H groups in total. The van der Waals surface area contributed by atoms with Crippen molar-refractivity contribution in [1.29, 1.82) is 0 Å². The molecule has 6 heteroatoms. The molecule has 4 aromatic rings. The lowest BCUT2D eigenvalue weighted by Crippen LogP contribution is -2.14. The molecule has 1 heterocycles. The van der Waals surface area contributed by atoms with E-state index in [1.54, 1.807) is 31.4 Å². The Morgan fingerprint density at radius 2 is 1.93 bits per heavy atom. The number of oxazole rings is 1. The zero-order valence-corrected chi connectivity index (χ0v) is 15.9. The molecule has 0 unspecified atom stereocenters. The summed E-state index contributed by atoms with van der Waals surface area (Å²) in [6.07, 6.45) is 0.270. The van der Waals surface area contributed by atoms with Crippen LogP contribution in [0.3, 0.4) is 0 Å². The van der Waals surface area contributed by atoms with E-state index in [1.807, 2.05) is 42.5 Å². The van der Waals surface area contributed by atoms with Crippen molar-refractivity contribution in [2.75, 3.05) is 12.4 Å². The van der Waals surface area contributed by atoms with Gasteiger partial charge in [0, 0.05) is 22.3 Å². The minimum absolute atomic E-state index is 0.112. The molecule has 0 bridgehead atoms. The molecule has 0 fully saturated rings. The largest absolute Gasteiger partial charge is 0.497 e. The summed E-state index contributed by atoms with van der Waals surface area (Å²) in [5.41, 5.74) is 3.66. The van der Waals surface area contributed by atoms with E-state index >= 15 is 0 Å². The molecule has 3 aromatic carbocycles. The van der Waals surface area contributed by atoms with Crippen LogP contribution in [0.1, 0.15) is 5.56 Å². The zero-order chi connectivity index (χ0) is 19.5. The van der Waals surface area contributed by atoms with Crippen LogP contribution < -0.4 is 10.1 Å². The first-order chi connectivity index (χ1) is 13.6. The SMILES string of the molecule is COc1ccc(CC(=O)Nc2ccc3nc(-c4cccc(Cl)c4)oc3c2)cc1. The van der Waals surface area contributed by atoms with E-state index in [4.69, 9.17) is 20.8 Å². The number of carbonyl (C=O) groups is 1. The van der Waals surface area contributed by atoms with Crippen LogP contribution in [-0.2, 0) is 11.2 Å². The maximum Gasteiger partial charge on any atom is 0.228 e. The van der Waals surface area contributed by atoms with Gasteiger partial charge in [-0.25, -0.2) is 4.98 Å². The molecule has 0 saturated heterocycles. The molecular weight excluding hydrogens is 376 g/mol. The van der Waals surface area contributed by atoms with Crippen LogP contribution in [0.4, 0.5) is 5.69 Å². The standard InChI is InChI=1S/C22H17ClN2O3/c1-27-18-8-5-14(6-9-18)11-21(26)24-17-7-10-19-20(13-17)28-22(25-19)15-3-2-4-16(23)12-15/h2-10,12-13H,11H2,1H3,(H,24,26). The lowest BCUT2D eigenvalue weighted by molar-refractivity contribution is -0.115. The van der Waals surface area contributed by atoms with Gasteiger partial charge < -0.3 is 14.5 Å². The van der Waals surface area contributed by atoms with Gasteiger partial charge in [-0.3, -0.25) is 4.79 Å². The molecule has 0 spiro atoms. The van der Waals surface area contributed by atoms with Crippen molar-refractivity contribution in [3.05, 3.63) is 77.3 Å². The van der Waals surface area contributed by atoms with Gasteiger partial charge in [0.1, 0.15) is 11.3 Å². The lowest BCUT2D eigenvalue weighted by Gasteiger charge is -2.06. The van der Waals surface area contributed by atoms with E-state index in [0.29, 0.717) is 27.7 Å². The van der Waals surface area contributed by atoms with Crippen molar-refractivity contribution < 1.29 is 13.9 Å². The fraction of sp³-hybridized carbons (Fsp3) is 0.0909. The second kappa shape index (κ2) is 7.74. The lowest BCUT2D eigenvalue weighted by atomic mass is 10.1. The van der Waals surface area contributed by atoms with Gasteiger partial charge in [-0.2, -0.15) is 0 Å². The third kappa shape index (κ3) is 4.00. The number of anilines is 1. The van der Waals surface area contributed by atoms with Gasteiger partial charge >= 0.3 is 0 Å². The van der Waals surface area contributed by atoms with Gasteiger partial charge in [-0.1, -0.05) is 29.8 Å². The normalized spacial score (nSPS) is 10.8. The number of ether oxygens (including phenoxy) is 1. The van der Waals surface area contributed by atoms with E-state index < -0.39 is 0 Å². The summed E-state index contributed by atoms with van der Waals surface area (Å²) in [7, 11) is 1.61. The van der Waals surface area contributed by atoms with E-state index in [0.717, 1.165) is 16.9 Å². The number of nitrogens with zero attached hydrogens (tertiary/aromatic N) is 1. The molecule has 0 aliphatic rings. The van der Waals surface area contributed by atoms with Gasteiger partial charge in [-0.15, -0.1) is 0 Å². The molecule has 1 aromatic heterocycles. The predicted octanol–water partition coefficient (Wildman–Crippen LogP) is 5.34. The number of rotatable bonds is 5. The molecule has 5 nitrogen and oxygen atoms in total. The third-order valence-corrected chi connectivity index (χ3v) is 4.50. The molecule has 0 atom stereocenters. The van der Waals surface area contributed by atoms with Crippen LogP contribution in [0.5, 0.6) is 5.75 Å². The smallest absolute Gasteiger partial charge is 0.228 e. The van der Waals surface area contributed by atoms with E-state index in [9.17, 15) is 4.79 Å². The van der Waals surface area contributed by atoms with E-state index in [1.165, 1.54) is 0 Å².